The summed E-state index contributed by atoms with van der Waals surface area (Å²) in [7, 11) is 0. The molecule has 6 nitrogen and oxygen atoms in total. The van der Waals surface area contributed by atoms with Crippen molar-refractivity contribution in [1.82, 2.24) is 24.6 Å². The molecule has 1 aromatic carbocycles. The van der Waals surface area contributed by atoms with Gasteiger partial charge in [0.05, 0.1) is 13.0 Å². The van der Waals surface area contributed by atoms with Crippen LogP contribution < -0.4 is 0 Å². The van der Waals surface area contributed by atoms with Gasteiger partial charge in [-0.25, -0.2) is 0 Å². The summed E-state index contributed by atoms with van der Waals surface area (Å²) in [6.45, 7) is 6.29. The summed E-state index contributed by atoms with van der Waals surface area (Å²) in [6.07, 6.45) is 8.87. The molecular formula is C22H31N5O. The summed E-state index contributed by atoms with van der Waals surface area (Å²) in [6, 6.07) is 8.73. The molecule has 1 aromatic heterocycles. The van der Waals surface area contributed by atoms with Gasteiger partial charge in [-0.2, -0.15) is 0 Å². The van der Waals surface area contributed by atoms with E-state index in [0.29, 0.717) is 12.5 Å². The normalized spacial score (nSPS) is 19.1. The minimum Gasteiger partial charge on any atom is -0.340 e. The third-order valence-electron chi connectivity index (χ3n) is 6.31. The minimum absolute atomic E-state index is 0.235. The number of hydrogen-bond donors (Lipinski definition) is 0. The topological polar surface area (TPSA) is 54.3 Å². The van der Waals surface area contributed by atoms with Crippen molar-refractivity contribution in [3.63, 3.8) is 0 Å². The van der Waals surface area contributed by atoms with Crippen LogP contribution in [0.1, 0.15) is 55.1 Å². The van der Waals surface area contributed by atoms with Gasteiger partial charge in [0, 0.05) is 32.2 Å². The Hall–Kier alpha value is -2.21. The molecule has 1 saturated carbocycles. The molecule has 2 aromatic rings. The van der Waals surface area contributed by atoms with Gasteiger partial charge in [-0.1, -0.05) is 43.5 Å². The molecule has 150 valence electrons. The van der Waals surface area contributed by atoms with E-state index in [1.54, 1.807) is 0 Å². The van der Waals surface area contributed by atoms with Crippen LogP contribution in [0.2, 0.25) is 0 Å². The third-order valence-corrected chi connectivity index (χ3v) is 6.31. The summed E-state index contributed by atoms with van der Waals surface area (Å²) in [5.74, 6) is 1.31. The average Bonchev–Trinajstić information content (AvgIpc) is 3.19. The Balaban J connectivity index is 1.29. The molecule has 2 aliphatic rings. The van der Waals surface area contributed by atoms with Crippen molar-refractivity contribution < 1.29 is 4.79 Å². The number of aryl methyl sites for hydroxylation is 1. The van der Waals surface area contributed by atoms with Crippen LogP contribution in [0.25, 0.3) is 0 Å². The molecule has 0 radical (unpaired) electrons. The molecule has 2 heterocycles. The molecule has 6 heteroatoms. The van der Waals surface area contributed by atoms with Crippen molar-refractivity contribution in [1.29, 1.82) is 0 Å². The summed E-state index contributed by atoms with van der Waals surface area (Å²) >= 11 is 0. The zero-order chi connectivity index (χ0) is 19.3. The first-order valence-corrected chi connectivity index (χ1v) is 10.6. The highest BCUT2D eigenvalue weighted by atomic mass is 16.2. The van der Waals surface area contributed by atoms with E-state index in [1.807, 2.05) is 23.4 Å². The summed E-state index contributed by atoms with van der Waals surface area (Å²) in [4.78, 5) is 17.1. The van der Waals surface area contributed by atoms with E-state index < -0.39 is 0 Å². The summed E-state index contributed by atoms with van der Waals surface area (Å²) in [5.41, 5.74) is 2.33. The first-order valence-electron chi connectivity index (χ1n) is 10.6. The second-order valence-corrected chi connectivity index (χ2v) is 8.21. The van der Waals surface area contributed by atoms with Crippen molar-refractivity contribution in [2.24, 2.45) is 0 Å². The third kappa shape index (κ3) is 4.43. The van der Waals surface area contributed by atoms with Crippen LogP contribution in [0.5, 0.6) is 0 Å². The number of benzene rings is 1. The van der Waals surface area contributed by atoms with Gasteiger partial charge in [-0.05, 0) is 30.9 Å². The quantitative estimate of drug-likeness (QED) is 0.799. The largest absolute Gasteiger partial charge is 0.340 e. The van der Waals surface area contributed by atoms with Gasteiger partial charge < -0.3 is 9.47 Å². The number of hydrogen-bond acceptors (Lipinski definition) is 4. The van der Waals surface area contributed by atoms with Crippen LogP contribution >= 0.6 is 0 Å². The molecule has 0 bridgehead atoms. The standard InChI is InChI=1S/C22H31N5O/c1-18-7-5-6-8-19(18)15-22(28)26-13-11-25(12-14-26)16-21-24-23-17-27(21)20-9-3-2-4-10-20/h5-8,17,20H,2-4,9-16H2,1H3. The van der Waals surface area contributed by atoms with E-state index in [0.717, 1.165) is 44.1 Å². The minimum atomic E-state index is 0.235. The Kier molecular flexibility index (Phi) is 6.05. The molecule has 0 unspecified atom stereocenters. The SMILES string of the molecule is Cc1ccccc1CC(=O)N1CCN(Cc2nncn2C2CCCCC2)CC1. The molecule has 2 fully saturated rings. The molecule has 0 N–H and O–H groups in total. The van der Waals surface area contributed by atoms with Gasteiger partial charge >= 0.3 is 0 Å². The Morgan fingerprint density at radius 2 is 1.82 bits per heavy atom. The fraction of sp³-hybridized carbons (Fsp3) is 0.591. The number of nitrogens with zero attached hydrogens (tertiary/aromatic N) is 5. The zero-order valence-corrected chi connectivity index (χ0v) is 16.9. The van der Waals surface area contributed by atoms with Crippen LogP contribution in [-0.4, -0.2) is 56.7 Å². The number of rotatable bonds is 5. The lowest BCUT2D eigenvalue weighted by molar-refractivity contribution is -0.132. The van der Waals surface area contributed by atoms with Crippen LogP contribution in [0.4, 0.5) is 0 Å². The van der Waals surface area contributed by atoms with Crippen LogP contribution in [0.15, 0.2) is 30.6 Å². The second kappa shape index (κ2) is 8.86. The fourth-order valence-corrected chi connectivity index (χ4v) is 4.48. The van der Waals surface area contributed by atoms with Crippen LogP contribution in [0.3, 0.4) is 0 Å². The fourth-order valence-electron chi connectivity index (χ4n) is 4.48. The number of aromatic nitrogens is 3. The Bertz CT molecular complexity index is 788. The van der Waals surface area contributed by atoms with Gasteiger partial charge in [0.2, 0.25) is 5.91 Å². The second-order valence-electron chi connectivity index (χ2n) is 8.21. The first kappa shape index (κ1) is 19.1. The van der Waals surface area contributed by atoms with Gasteiger partial charge in [-0.3, -0.25) is 9.69 Å². The maximum Gasteiger partial charge on any atom is 0.227 e. The molecule has 1 aliphatic heterocycles. The monoisotopic (exact) mass is 381 g/mol. The lowest BCUT2D eigenvalue weighted by Crippen LogP contribution is -2.49. The lowest BCUT2D eigenvalue weighted by Gasteiger charge is -2.35. The van der Waals surface area contributed by atoms with E-state index in [9.17, 15) is 4.79 Å². The highest BCUT2D eigenvalue weighted by Crippen LogP contribution is 2.28. The van der Waals surface area contributed by atoms with Crippen molar-refractivity contribution in [2.45, 2.75) is 58.0 Å². The number of piperazine rings is 1. The van der Waals surface area contributed by atoms with Crippen molar-refractivity contribution in [3.05, 3.63) is 47.5 Å². The highest BCUT2D eigenvalue weighted by Gasteiger charge is 2.24. The van der Waals surface area contributed by atoms with E-state index >= 15 is 0 Å². The zero-order valence-electron chi connectivity index (χ0n) is 16.9. The van der Waals surface area contributed by atoms with Crippen molar-refractivity contribution >= 4 is 5.91 Å². The molecule has 4 rings (SSSR count). The van der Waals surface area contributed by atoms with Gasteiger partial charge in [0.15, 0.2) is 0 Å². The Labute approximate surface area is 167 Å². The maximum atomic E-state index is 12.7. The van der Waals surface area contributed by atoms with E-state index in [1.165, 1.54) is 37.7 Å². The first-order chi connectivity index (χ1) is 13.7. The molecule has 0 spiro atoms. The smallest absolute Gasteiger partial charge is 0.227 e. The Morgan fingerprint density at radius 1 is 1.07 bits per heavy atom. The molecular weight excluding hydrogens is 350 g/mol. The summed E-state index contributed by atoms with van der Waals surface area (Å²) < 4.78 is 2.30. The van der Waals surface area contributed by atoms with Crippen LogP contribution in [0, 0.1) is 6.92 Å². The Morgan fingerprint density at radius 3 is 2.57 bits per heavy atom. The van der Waals surface area contributed by atoms with Gasteiger partial charge in [0.25, 0.3) is 0 Å². The van der Waals surface area contributed by atoms with Gasteiger partial charge in [-0.15, -0.1) is 10.2 Å². The lowest BCUT2D eigenvalue weighted by atomic mass is 9.95. The number of carbonyl (C=O) groups excluding carboxylic acids is 1. The molecule has 0 atom stereocenters. The molecule has 28 heavy (non-hydrogen) atoms. The van der Waals surface area contributed by atoms with E-state index in [4.69, 9.17) is 0 Å². The molecule has 1 aliphatic carbocycles. The average molecular weight is 382 g/mol. The van der Waals surface area contributed by atoms with Crippen molar-refractivity contribution in [2.75, 3.05) is 26.2 Å². The van der Waals surface area contributed by atoms with E-state index in [2.05, 4.69) is 38.7 Å². The predicted octanol–water partition coefficient (Wildman–Crippen LogP) is 2.98. The predicted molar refractivity (Wildman–Crippen MR) is 109 cm³/mol. The van der Waals surface area contributed by atoms with E-state index in [-0.39, 0.29) is 5.91 Å². The van der Waals surface area contributed by atoms with Gasteiger partial charge in [0.1, 0.15) is 12.2 Å². The van der Waals surface area contributed by atoms with Crippen molar-refractivity contribution in [3.8, 4) is 0 Å². The van der Waals surface area contributed by atoms with Crippen LogP contribution in [-0.2, 0) is 17.8 Å². The maximum absolute atomic E-state index is 12.7. The molecule has 1 saturated heterocycles. The number of amides is 1. The molecule has 1 amide bonds. The number of carbonyl (C=O) groups is 1. The summed E-state index contributed by atoms with van der Waals surface area (Å²) in [5, 5.41) is 8.58. The highest BCUT2D eigenvalue weighted by molar-refractivity contribution is 5.79.